The average molecular weight is 453 g/mol. The van der Waals surface area contributed by atoms with Crippen molar-refractivity contribution in [3.63, 3.8) is 0 Å². The van der Waals surface area contributed by atoms with Crippen LogP contribution in [0.2, 0.25) is 0 Å². The number of aryl methyl sites for hydroxylation is 2. The largest absolute Gasteiger partial charge is 0.336 e. The number of amides is 2. The molecule has 1 saturated heterocycles. The number of aromatic nitrogens is 1. The number of thioether (sulfide) groups is 1. The highest BCUT2D eigenvalue weighted by Crippen LogP contribution is 2.35. The lowest BCUT2D eigenvalue weighted by Gasteiger charge is -2.34. The number of carbonyl (C=O) groups is 2. The van der Waals surface area contributed by atoms with E-state index < -0.39 is 0 Å². The second-order valence-electron chi connectivity index (χ2n) is 8.76. The quantitative estimate of drug-likeness (QED) is 0.714. The molecule has 7 heteroatoms. The summed E-state index contributed by atoms with van der Waals surface area (Å²) in [6.07, 6.45) is 6.73. The van der Waals surface area contributed by atoms with Crippen molar-refractivity contribution in [3.8, 4) is 0 Å². The zero-order valence-corrected chi connectivity index (χ0v) is 19.8. The molecular weight excluding hydrogens is 420 g/mol. The Kier molecular flexibility index (Phi) is 7.48. The molecule has 4 rings (SSSR count). The Balaban J connectivity index is 1.31. The highest BCUT2D eigenvalue weighted by Gasteiger charge is 2.27. The van der Waals surface area contributed by atoms with Crippen LogP contribution in [-0.2, 0) is 4.79 Å². The summed E-state index contributed by atoms with van der Waals surface area (Å²) < 4.78 is 0. The zero-order chi connectivity index (χ0) is 22.5. The number of nitrogens with zero attached hydrogens (tertiary/aromatic N) is 3. The summed E-state index contributed by atoms with van der Waals surface area (Å²) in [7, 11) is 0. The Hall–Kier alpha value is -2.38. The van der Waals surface area contributed by atoms with Crippen LogP contribution in [0.1, 0.15) is 47.2 Å². The van der Waals surface area contributed by atoms with Gasteiger partial charge in [-0.3, -0.25) is 14.5 Å². The Bertz CT molecular complexity index is 946. The molecule has 32 heavy (non-hydrogen) atoms. The van der Waals surface area contributed by atoms with E-state index in [0.29, 0.717) is 43.5 Å². The molecule has 1 N–H and O–H groups in total. The van der Waals surface area contributed by atoms with Gasteiger partial charge < -0.3 is 10.2 Å². The molecule has 1 aromatic heterocycles. The lowest BCUT2D eigenvalue weighted by atomic mass is 10.1. The third-order valence-electron chi connectivity index (χ3n) is 6.35. The fourth-order valence-corrected chi connectivity index (χ4v) is 5.77. The first-order valence-corrected chi connectivity index (χ1v) is 12.4. The molecule has 0 atom stereocenters. The maximum Gasteiger partial charge on any atom is 0.256 e. The Labute approximate surface area is 194 Å². The van der Waals surface area contributed by atoms with Gasteiger partial charge in [-0.05, 0) is 49.9 Å². The SMILES string of the molecule is Cc1cccc(C)c1NC(=O)CN1CCN(C(=O)c2cccnc2SC2CCCC2)CC1. The second-order valence-corrected chi connectivity index (χ2v) is 10.1. The fraction of sp³-hybridized carbons (Fsp3) is 0.480. The Morgan fingerprint density at radius 2 is 1.72 bits per heavy atom. The number of hydrogen-bond acceptors (Lipinski definition) is 5. The summed E-state index contributed by atoms with van der Waals surface area (Å²) in [5.41, 5.74) is 3.74. The van der Waals surface area contributed by atoms with Gasteiger partial charge in [0.2, 0.25) is 5.91 Å². The fourth-order valence-electron chi connectivity index (χ4n) is 4.48. The van der Waals surface area contributed by atoms with E-state index >= 15 is 0 Å². The summed E-state index contributed by atoms with van der Waals surface area (Å²) >= 11 is 1.76. The maximum atomic E-state index is 13.2. The van der Waals surface area contributed by atoms with Gasteiger partial charge in [-0.1, -0.05) is 31.0 Å². The van der Waals surface area contributed by atoms with E-state index in [9.17, 15) is 9.59 Å². The molecule has 1 aliphatic heterocycles. The van der Waals surface area contributed by atoms with Crippen molar-refractivity contribution in [1.82, 2.24) is 14.8 Å². The molecule has 1 aliphatic carbocycles. The molecule has 2 aliphatic rings. The molecule has 2 aromatic rings. The first kappa shape index (κ1) is 22.8. The topological polar surface area (TPSA) is 65.5 Å². The summed E-state index contributed by atoms with van der Waals surface area (Å²) in [5.74, 6) is 0.0444. The molecule has 0 radical (unpaired) electrons. The standard InChI is InChI=1S/C25H32N4O2S/c1-18-7-5-8-19(2)23(18)27-22(30)17-28-13-15-29(16-14-28)25(31)21-11-6-12-26-24(21)32-20-9-3-4-10-20/h5-8,11-12,20H,3-4,9-10,13-17H2,1-2H3,(H,27,30). The van der Waals surface area contributed by atoms with Crippen LogP contribution in [0.5, 0.6) is 0 Å². The van der Waals surface area contributed by atoms with Crippen LogP contribution >= 0.6 is 11.8 Å². The number of carbonyl (C=O) groups excluding carboxylic acids is 2. The van der Waals surface area contributed by atoms with Crippen molar-refractivity contribution in [1.29, 1.82) is 0 Å². The summed E-state index contributed by atoms with van der Waals surface area (Å²) in [4.78, 5) is 34.3. The van der Waals surface area contributed by atoms with Gasteiger partial charge in [0.15, 0.2) is 0 Å². The van der Waals surface area contributed by atoms with E-state index in [4.69, 9.17) is 0 Å². The predicted octanol–water partition coefficient (Wildman–Crippen LogP) is 4.13. The lowest BCUT2D eigenvalue weighted by Crippen LogP contribution is -2.50. The number of benzene rings is 1. The summed E-state index contributed by atoms with van der Waals surface area (Å²) in [6, 6.07) is 9.75. The van der Waals surface area contributed by atoms with Crippen LogP contribution < -0.4 is 5.32 Å². The smallest absolute Gasteiger partial charge is 0.256 e. The van der Waals surface area contributed by atoms with Crippen LogP contribution in [-0.4, -0.2) is 64.6 Å². The molecule has 2 fully saturated rings. The van der Waals surface area contributed by atoms with Gasteiger partial charge >= 0.3 is 0 Å². The normalized spacial score (nSPS) is 17.5. The summed E-state index contributed by atoms with van der Waals surface area (Å²) in [6.45, 7) is 6.98. The minimum atomic E-state index is -0.00955. The van der Waals surface area contributed by atoms with E-state index in [1.165, 1.54) is 25.7 Å². The zero-order valence-electron chi connectivity index (χ0n) is 19.0. The summed E-state index contributed by atoms with van der Waals surface area (Å²) in [5, 5.41) is 4.49. The lowest BCUT2D eigenvalue weighted by molar-refractivity contribution is -0.117. The van der Waals surface area contributed by atoms with Crippen LogP contribution in [0.25, 0.3) is 0 Å². The van der Waals surface area contributed by atoms with E-state index in [-0.39, 0.29) is 11.8 Å². The van der Waals surface area contributed by atoms with Gasteiger partial charge in [-0.2, -0.15) is 0 Å². The molecule has 6 nitrogen and oxygen atoms in total. The molecule has 170 valence electrons. The van der Waals surface area contributed by atoms with E-state index in [1.807, 2.05) is 49.1 Å². The second kappa shape index (κ2) is 10.5. The van der Waals surface area contributed by atoms with Gasteiger partial charge in [0.05, 0.1) is 12.1 Å². The van der Waals surface area contributed by atoms with Gasteiger partial charge in [0.1, 0.15) is 5.03 Å². The molecule has 2 amide bonds. The minimum absolute atomic E-state index is 0.00955. The number of pyridine rings is 1. The number of para-hydroxylation sites is 1. The third-order valence-corrected chi connectivity index (χ3v) is 7.71. The predicted molar refractivity (Wildman–Crippen MR) is 129 cm³/mol. The van der Waals surface area contributed by atoms with Crippen LogP contribution in [0, 0.1) is 13.8 Å². The van der Waals surface area contributed by atoms with Gasteiger partial charge in [0, 0.05) is 43.3 Å². The van der Waals surface area contributed by atoms with Crippen molar-refractivity contribution in [2.45, 2.75) is 49.8 Å². The number of hydrogen-bond donors (Lipinski definition) is 1. The van der Waals surface area contributed by atoms with Crippen molar-refractivity contribution in [3.05, 3.63) is 53.2 Å². The first-order chi connectivity index (χ1) is 15.5. The van der Waals surface area contributed by atoms with Gasteiger partial charge in [0.25, 0.3) is 5.91 Å². The van der Waals surface area contributed by atoms with Crippen molar-refractivity contribution in [2.75, 3.05) is 38.0 Å². The Morgan fingerprint density at radius 3 is 2.41 bits per heavy atom. The Morgan fingerprint density at radius 1 is 1.03 bits per heavy atom. The van der Waals surface area contributed by atoms with Crippen molar-refractivity contribution in [2.24, 2.45) is 0 Å². The molecule has 2 heterocycles. The van der Waals surface area contributed by atoms with Crippen molar-refractivity contribution >= 4 is 29.3 Å². The van der Waals surface area contributed by atoms with E-state index in [2.05, 4.69) is 15.2 Å². The van der Waals surface area contributed by atoms with E-state index in [1.54, 1.807) is 18.0 Å². The molecule has 1 saturated carbocycles. The highest BCUT2D eigenvalue weighted by atomic mass is 32.2. The number of anilines is 1. The molecular formula is C25H32N4O2S. The number of rotatable bonds is 6. The average Bonchev–Trinajstić information content (AvgIpc) is 3.30. The molecule has 0 bridgehead atoms. The maximum absolute atomic E-state index is 13.2. The molecule has 0 spiro atoms. The number of nitrogens with one attached hydrogen (secondary N) is 1. The van der Waals surface area contributed by atoms with Gasteiger partial charge in [-0.15, -0.1) is 11.8 Å². The monoisotopic (exact) mass is 452 g/mol. The van der Waals surface area contributed by atoms with Crippen LogP contribution in [0.4, 0.5) is 5.69 Å². The van der Waals surface area contributed by atoms with E-state index in [0.717, 1.165) is 21.8 Å². The molecule has 1 aromatic carbocycles. The highest BCUT2D eigenvalue weighted by molar-refractivity contribution is 7.99. The van der Waals surface area contributed by atoms with Crippen LogP contribution in [0.15, 0.2) is 41.6 Å². The van der Waals surface area contributed by atoms with Gasteiger partial charge in [-0.25, -0.2) is 4.98 Å². The van der Waals surface area contributed by atoms with Crippen LogP contribution in [0.3, 0.4) is 0 Å². The third kappa shape index (κ3) is 5.51. The number of piperazine rings is 1. The minimum Gasteiger partial charge on any atom is -0.336 e. The molecule has 0 unspecified atom stereocenters. The first-order valence-electron chi connectivity index (χ1n) is 11.5. The van der Waals surface area contributed by atoms with Crippen molar-refractivity contribution < 1.29 is 9.59 Å².